The Morgan fingerprint density at radius 1 is 1.47 bits per heavy atom. The molecule has 1 N–H and O–H groups in total. The molecule has 1 saturated carbocycles. The molecule has 0 aliphatic heterocycles. The van der Waals surface area contributed by atoms with Gasteiger partial charge in [-0.25, -0.2) is 4.39 Å². The fourth-order valence-corrected chi connectivity index (χ4v) is 2.63. The van der Waals surface area contributed by atoms with Crippen LogP contribution in [0.4, 0.5) is 4.39 Å². The zero-order chi connectivity index (χ0) is 11.0. The molecule has 15 heavy (non-hydrogen) atoms. The number of aromatic nitrogens is 1. The van der Waals surface area contributed by atoms with Gasteiger partial charge in [0.2, 0.25) is 0 Å². The molecule has 0 radical (unpaired) electrons. The molecule has 1 fully saturated rings. The Morgan fingerprint density at radius 2 is 2.20 bits per heavy atom. The Morgan fingerprint density at radius 3 is 2.73 bits per heavy atom. The number of aliphatic hydroxyl groups excluding tert-OH is 1. The van der Waals surface area contributed by atoms with Crippen molar-refractivity contribution in [2.45, 2.75) is 32.3 Å². The van der Waals surface area contributed by atoms with Crippen LogP contribution in [0.3, 0.4) is 0 Å². The van der Waals surface area contributed by atoms with Gasteiger partial charge in [0.05, 0.1) is 12.3 Å². The van der Waals surface area contributed by atoms with Crippen molar-refractivity contribution in [2.24, 2.45) is 11.8 Å². The van der Waals surface area contributed by atoms with E-state index in [1.54, 1.807) is 6.07 Å². The lowest BCUT2D eigenvalue weighted by Gasteiger charge is -2.47. The second-order valence-corrected chi connectivity index (χ2v) is 4.35. The molecule has 2 nitrogen and oxygen atoms in total. The van der Waals surface area contributed by atoms with Crippen molar-refractivity contribution in [1.29, 1.82) is 0 Å². The molecule has 4 atom stereocenters. The quantitative estimate of drug-likeness (QED) is 0.811. The molecule has 0 aromatic carbocycles. The highest BCUT2D eigenvalue weighted by molar-refractivity contribution is 5.18. The van der Waals surface area contributed by atoms with Crippen LogP contribution in [0.5, 0.6) is 0 Å². The fourth-order valence-electron chi connectivity index (χ4n) is 2.63. The smallest absolute Gasteiger partial charge is 0.141 e. The van der Waals surface area contributed by atoms with Gasteiger partial charge in [-0.05, 0) is 24.0 Å². The van der Waals surface area contributed by atoms with Gasteiger partial charge in [-0.2, -0.15) is 0 Å². The molecular formula is C12H16FNO. The van der Waals surface area contributed by atoms with Crippen molar-refractivity contribution >= 4 is 0 Å². The number of rotatable bonds is 2. The van der Waals surface area contributed by atoms with Crippen LogP contribution < -0.4 is 0 Å². The maximum atomic E-state index is 12.7. The summed E-state index contributed by atoms with van der Waals surface area (Å²) in [4.78, 5) is 4.10. The third-order valence-corrected chi connectivity index (χ3v) is 3.57. The second-order valence-electron chi connectivity index (χ2n) is 4.35. The van der Waals surface area contributed by atoms with Gasteiger partial charge < -0.3 is 5.11 Å². The topological polar surface area (TPSA) is 33.1 Å². The molecule has 1 aliphatic rings. The van der Waals surface area contributed by atoms with Crippen molar-refractivity contribution in [1.82, 2.24) is 4.98 Å². The monoisotopic (exact) mass is 209 g/mol. The van der Waals surface area contributed by atoms with Gasteiger partial charge in [-0.3, -0.25) is 4.98 Å². The van der Waals surface area contributed by atoms with Gasteiger partial charge in [-0.1, -0.05) is 20.3 Å². The predicted molar refractivity (Wildman–Crippen MR) is 55.9 cm³/mol. The minimum Gasteiger partial charge on any atom is -0.393 e. The summed E-state index contributed by atoms with van der Waals surface area (Å²) in [5.41, 5.74) is 0.904. The Balaban J connectivity index is 2.20. The number of halogens is 1. The first-order valence-corrected chi connectivity index (χ1v) is 5.44. The van der Waals surface area contributed by atoms with Crippen molar-refractivity contribution < 1.29 is 9.50 Å². The van der Waals surface area contributed by atoms with E-state index in [0.717, 1.165) is 12.1 Å². The molecule has 0 bridgehead atoms. The van der Waals surface area contributed by atoms with Gasteiger partial charge in [-0.15, -0.1) is 0 Å². The van der Waals surface area contributed by atoms with Gasteiger partial charge in [0, 0.05) is 11.6 Å². The van der Waals surface area contributed by atoms with E-state index < -0.39 is 0 Å². The maximum absolute atomic E-state index is 12.7. The lowest BCUT2D eigenvalue weighted by molar-refractivity contribution is -0.0597. The first kappa shape index (κ1) is 10.6. The van der Waals surface area contributed by atoms with Crippen molar-refractivity contribution in [3.05, 3.63) is 29.8 Å². The van der Waals surface area contributed by atoms with Crippen LogP contribution in [0.15, 0.2) is 18.3 Å². The third kappa shape index (κ3) is 1.65. The Kier molecular flexibility index (Phi) is 2.74. The summed E-state index contributed by atoms with van der Waals surface area (Å²) < 4.78 is 12.7. The Bertz CT molecular complexity index is 338. The van der Waals surface area contributed by atoms with E-state index in [9.17, 15) is 9.50 Å². The van der Waals surface area contributed by atoms with E-state index in [1.807, 2.05) is 6.92 Å². The van der Waals surface area contributed by atoms with Crippen molar-refractivity contribution in [3.63, 3.8) is 0 Å². The molecule has 0 spiro atoms. The number of pyridine rings is 1. The lowest BCUT2D eigenvalue weighted by Crippen LogP contribution is -2.47. The molecule has 1 heterocycles. The fraction of sp³-hybridized carbons (Fsp3) is 0.583. The zero-order valence-electron chi connectivity index (χ0n) is 9.02. The van der Waals surface area contributed by atoms with Crippen LogP contribution >= 0.6 is 0 Å². The van der Waals surface area contributed by atoms with Gasteiger partial charge in [0.15, 0.2) is 0 Å². The van der Waals surface area contributed by atoms with Crippen LogP contribution in [-0.4, -0.2) is 16.2 Å². The van der Waals surface area contributed by atoms with E-state index in [4.69, 9.17) is 0 Å². The van der Waals surface area contributed by atoms with Crippen LogP contribution in [0, 0.1) is 17.7 Å². The van der Waals surface area contributed by atoms with Gasteiger partial charge in [0.25, 0.3) is 0 Å². The lowest BCUT2D eigenvalue weighted by atomic mass is 9.60. The number of hydrogen-bond donors (Lipinski definition) is 1. The Labute approximate surface area is 89.2 Å². The maximum Gasteiger partial charge on any atom is 0.141 e. The predicted octanol–water partition coefficient (Wildman–Crippen LogP) is 2.34. The van der Waals surface area contributed by atoms with Gasteiger partial charge in [0.1, 0.15) is 5.82 Å². The summed E-state index contributed by atoms with van der Waals surface area (Å²) in [6.07, 6.45) is 1.96. The third-order valence-electron chi connectivity index (χ3n) is 3.57. The normalized spacial score (nSPS) is 34.9. The highest BCUT2D eigenvalue weighted by Gasteiger charge is 2.46. The molecule has 4 unspecified atom stereocenters. The first-order chi connectivity index (χ1) is 7.15. The van der Waals surface area contributed by atoms with E-state index >= 15 is 0 Å². The molecule has 2 rings (SSSR count). The summed E-state index contributed by atoms with van der Waals surface area (Å²) >= 11 is 0. The van der Waals surface area contributed by atoms with Crippen LogP contribution in [-0.2, 0) is 0 Å². The average Bonchev–Trinajstić information content (AvgIpc) is 2.26. The minimum atomic E-state index is -0.306. The van der Waals surface area contributed by atoms with Crippen molar-refractivity contribution in [2.75, 3.05) is 0 Å². The van der Waals surface area contributed by atoms with Crippen molar-refractivity contribution in [3.8, 4) is 0 Å². The Hall–Kier alpha value is -0.960. The largest absolute Gasteiger partial charge is 0.393 e. The molecule has 1 aromatic rings. The summed E-state index contributed by atoms with van der Waals surface area (Å²) in [7, 11) is 0. The summed E-state index contributed by atoms with van der Waals surface area (Å²) in [5, 5.41) is 9.76. The summed E-state index contributed by atoms with van der Waals surface area (Å²) in [6, 6.07) is 3.16. The molecule has 0 saturated heterocycles. The second kappa shape index (κ2) is 3.89. The van der Waals surface area contributed by atoms with Gasteiger partial charge >= 0.3 is 0 Å². The molecular weight excluding hydrogens is 193 g/mol. The van der Waals surface area contributed by atoms with E-state index in [0.29, 0.717) is 0 Å². The molecule has 1 aliphatic carbocycles. The highest BCUT2D eigenvalue weighted by atomic mass is 19.1. The van der Waals surface area contributed by atoms with E-state index in [2.05, 4.69) is 11.9 Å². The van der Waals surface area contributed by atoms with Crippen LogP contribution in [0.2, 0.25) is 0 Å². The van der Waals surface area contributed by atoms with Crippen LogP contribution in [0.25, 0.3) is 0 Å². The molecule has 3 heteroatoms. The SMILES string of the molecule is CCC1C(O)C(C)C1c1ccc(F)cn1. The number of nitrogens with zero attached hydrogens (tertiary/aromatic N) is 1. The van der Waals surface area contributed by atoms with Crippen LogP contribution in [0.1, 0.15) is 31.9 Å². The van der Waals surface area contributed by atoms with E-state index in [-0.39, 0.29) is 29.7 Å². The average molecular weight is 209 g/mol. The minimum absolute atomic E-state index is 0.230. The van der Waals surface area contributed by atoms with E-state index in [1.165, 1.54) is 12.3 Å². The summed E-state index contributed by atoms with van der Waals surface area (Å²) in [5.74, 6) is 0.482. The standard InChI is InChI=1S/C12H16FNO/c1-3-9-11(7(2)12(9)15)10-5-4-8(13)6-14-10/h4-7,9,11-12,15H,3H2,1-2H3. The number of hydrogen-bond acceptors (Lipinski definition) is 2. The number of aliphatic hydroxyl groups is 1. The zero-order valence-corrected chi connectivity index (χ0v) is 9.02. The molecule has 0 amide bonds. The first-order valence-electron chi connectivity index (χ1n) is 5.44. The summed E-state index contributed by atoms with van der Waals surface area (Å²) in [6.45, 7) is 4.09. The molecule has 1 aromatic heterocycles. The molecule has 82 valence electrons. The highest BCUT2D eigenvalue weighted by Crippen LogP contribution is 2.48.